The van der Waals surface area contributed by atoms with Crippen molar-refractivity contribution in [2.24, 2.45) is 5.92 Å². The molecule has 0 fully saturated rings. The number of unbranched alkanes of at least 4 members (excludes halogenated alkanes) is 8. The van der Waals surface area contributed by atoms with Crippen LogP contribution >= 0.6 is 0 Å². The molecule has 0 rings (SSSR count). The van der Waals surface area contributed by atoms with Crippen LogP contribution in [0.5, 0.6) is 0 Å². The highest BCUT2D eigenvalue weighted by molar-refractivity contribution is 5.69. The summed E-state index contributed by atoms with van der Waals surface area (Å²) in [5.41, 5.74) is 0. The van der Waals surface area contributed by atoms with Crippen molar-refractivity contribution < 1.29 is 19.7 Å². The molecule has 4 nitrogen and oxygen atoms in total. The summed E-state index contributed by atoms with van der Waals surface area (Å²) >= 11 is 0. The lowest BCUT2D eigenvalue weighted by atomic mass is 10.0. The first-order valence-electron chi connectivity index (χ1n) is 8.10. The summed E-state index contributed by atoms with van der Waals surface area (Å²) in [4.78, 5) is 10.6. The van der Waals surface area contributed by atoms with Gasteiger partial charge in [-0.3, -0.25) is 4.79 Å². The van der Waals surface area contributed by atoms with E-state index in [0.717, 1.165) is 32.3 Å². The van der Waals surface area contributed by atoms with Crippen LogP contribution in [-0.2, 0) is 9.53 Å². The number of aliphatic hydroxyl groups excluding tert-OH is 1. The van der Waals surface area contributed by atoms with Gasteiger partial charge in [-0.2, -0.15) is 0 Å². The molecule has 20 heavy (non-hydrogen) atoms. The second-order valence-corrected chi connectivity index (χ2v) is 5.55. The zero-order valence-electron chi connectivity index (χ0n) is 13.0. The van der Waals surface area contributed by atoms with Crippen LogP contribution in [0.3, 0.4) is 0 Å². The van der Waals surface area contributed by atoms with Crippen LogP contribution in [0.25, 0.3) is 0 Å². The Morgan fingerprint density at radius 3 is 1.90 bits per heavy atom. The number of hydrogen-bond acceptors (Lipinski definition) is 3. The quantitative estimate of drug-likeness (QED) is 0.452. The number of hydrogen-bond donors (Lipinski definition) is 2. The molecule has 0 spiro atoms. The van der Waals surface area contributed by atoms with E-state index in [2.05, 4.69) is 0 Å². The van der Waals surface area contributed by atoms with Gasteiger partial charge in [-0.05, 0) is 12.8 Å². The van der Waals surface area contributed by atoms with E-state index in [1.165, 1.54) is 38.5 Å². The molecular weight excluding hydrogens is 256 g/mol. The van der Waals surface area contributed by atoms with Crippen molar-refractivity contribution in [1.82, 2.24) is 0 Å². The zero-order valence-corrected chi connectivity index (χ0v) is 13.0. The van der Waals surface area contributed by atoms with Crippen molar-refractivity contribution in [2.45, 2.75) is 71.1 Å². The molecule has 2 N–H and O–H groups in total. The van der Waals surface area contributed by atoms with Gasteiger partial charge in [-0.15, -0.1) is 0 Å². The standard InChI is InChI=1S/C16H32O4/c1-15(16(18)19)11-9-7-5-3-2-4-6-8-10-13-20-14-12-17/h15,17H,2-14H2,1H3,(H,18,19). The molecule has 0 heterocycles. The first-order valence-corrected chi connectivity index (χ1v) is 8.10. The third-order valence-corrected chi connectivity index (χ3v) is 3.58. The Labute approximate surface area is 123 Å². The Kier molecular flexibility index (Phi) is 14.3. The average molecular weight is 288 g/mol. The number of carbonyl (C=O) groups is 1. The molecule has 0 aromatic rings. The van der Waals surface area contributed by atoms with Crippen LogP contribution in [0.4, 0.5) is 0 Å². The first kappa shape index (κ1) is 19.4. The minimum absolute atomic E-state index is 0.116. The summed E-state index contributed by atoms with van der Waals surface area (Å²) in [6, 6.07) is 0. The zero-order chi connectivity index (χ0) is 15.1. The fraction of sp³-hybridized carbons (Fsp3) is 0.938. The largest absolute Gasteiger partial charge is 0.481 e. The molecule has 1 unspecified atom stereocenters. The smallest absolute Gasteiger partial charge is 0.306 e. The molecule has 0 aromatic heterocycles. The summed E-state index contributed by atoms with van der Waals surface area (Å²) in [5.74, 6) is -0.865. The fourth-order valence-corrected chi connectivity index (χ4v) is 2.18. The number of carboxylic acids is 1. The van der Waals surface area contributed by atoms with Gasteiger partial charge in [0.15, 0.2) is 0 Å². The topological polar surface area (TPSA) is 66.8 Å². The van der Waals surface area contributed by atoms with Crippen LogP contribution in [0.2, 0.25) is 0 Å². The molecule has 0 aromatic carbocycles. The Balaban J connectivity index is 3.04. The number of rotatable bonds is 15. The van der Waals surface area contributed by atoms with Gasteiger partial charge in [0, 0.05) is 6.61 Å². The van der Waals surface area contributed by atoms with Crippen molar-refractivity contribution in [3.63, 3.8) is 0 Å². The van der Waals surface area contributed by atoms with Crippen LogP contribution in [0, 0.1) is 5.92 Å². The van der Waals surface area contributed by atoms with E-state index in [4.69, 9.17) is 14.9 Å². The molecule has 1 atom stereocenters. The van der Waals surface area contributed by atoms with Gasteiger partial charge in [-0.25, -0.2) is 0 Å². The Hall–Kier alpha value is -0.610. The second-order valence-electron chi connectivity index (χ2n) is 5.55. The van der Waals surface area contributed by atoms with Crippen LogP contribution in [0.15, 0.2) is 0 Å². The first-order chi connectivity index (χ1) is 9.68. The maximum Gasteiger partial charge on any atom is 0.306 e. The van der Waals surface area contributed by atoms with Crippen LogP contribution in [0.1, 0.15) is 71.1 Å². The molecule has 0 amide bonds. The molecule has 120 valence electrons. The number of aliphatic carboxylic acids is 1. The number of aliphatic hydroxyl groups is 1. The van der Waals surface area contributed by atoms with Crippen molar-refractivity contribution in [1.29, 1.82) is 0 Å². The van der Waals surface area contributed by atoms with E-state index in [0.29, 0.717) is 6.61 Å². The Bertz CT molecular complexity index is 219. The van der Waals surface area contributed by atoms with Gasteiger partial charge in [-0.1, -0.05) is 58.3 Å². The van der Waals surface area contributed by atoms with E-state index in [1.807, 2.05) is 0 Å². The summed E-state index contributed by atoms with van der Waals surface area (Å²) in [6.45, 7) is 3.13. The Morgan fingerprint density at radius 1 is 0.900 bits per heavy atom. The maximum atomic E-state index is 10.6. The molecule has 0 aliphatic heterocycles. The molecule has 0 saturated heterocycles. The van der Waals surface area contributed by atoms with Crippen molar-refractivity contribution in [3.05, 3.63) is 0 Å². The molecule has 0 saturated carbocycles. The lowest BCUT2D eigenvalue weighted by Gasteiger charge is -2.05. The molecule has 0 aliphatic rings. The maximum absolute atomic E-state index is 10.6. The second kappa shape index (κ2) is 14.8. The number of ether oxygens (including phenoxy) is 1. The third kappa shape index (κ3) is 13.8. The summed E-state index contributed by atoms with van der Waals surface area (Å²) in [5, 5.41) is 17.3. The summed E-state index contributed by atoms with van der Waals surface area (Å²) in [6.07, 6.45) is 11.6. The van der Waals surface area contributed by atoms with Gasteiger partial charge >= 0.3 is 5.97 Å². The predicted molar refractivity (Wildman–Crippen MR) is 80.9 cm³/mol. The molecule has 4 heteroatoms. The average Bonchev–Trinajstić information content (AvgIpc) is 2.43. The predicted octanol–water partition coefficient (Wildman–Crippen LogP) is 3.62. The van der Waals surface area contributed by atoms with Crippen LogP contribution < -0.4 is 0 Å². The van der Waals surface area contributed by atoms with Gasteiger partial charge in [0.05, 0.1) is 19.1 Å². The van der Waals surface area contributed by atoms with Gasteiger partial charge in [0.2, 0.25) is 0 Å². The third-order valence-electron chi connectivity index (χ3n) is 3.58. The summed E-state index contributed by atoms with van der Waals surface area (Å²) in [7, 11) is 0. The van der Waals surface area contributed by atoms with E-state index in [1.54, 1.807) is 6.92 Å². The van der Waals surface area contributed by atoms with E-state index < -0.39 is 5.97 Å². The highest BCUT2D eigenvalue weighted by atomic mass is 16.5. The molecule has 0 radical (unpaired) electrons. The van der Waals surface area contributed by atoms with E-state index >= 15 is 0 Å². The lowest BCUT2D eigenvalue weighted by molar-refractivity contribution is -0.141. The van der Waals surface area contributed by atoms with Gasteiger partial charge in [0.1, 0.15) is 0 Å². The molecule has 0 aliphatic carbocycles. The fourth-order valence-electron chi connectivity index (χ4n) is 2.18. The van der Waals surface area contributed by atoms with Gasteiger partial charge in [0.25, 0.3) is 0 Å². The normalized spacial score (nSPS) is 12.5. The highest BCUT2D eigenvalue weighted by Crippen LogP contribution is 2.13. The van der Waals surface area contributed by atoms with E-state index in [-0.39, 0.29) is 12.5 Å². The summed E-state index contributed by atoms with van der Waals surface area (Å²) < 4.78 is 5.20. The van der Waals surface area contributed by atoms with Crippen molar-refractivity contribution in [3.8, 4) is 0 Å². The highest BCUT2D eigenvalue weighted by Gasteiger charge is 2.09. The van der Waals surface area contributed by atoms with Crippen LogP contribution in [-0.4, -0.2) is 36.0 Å². The number of carboxylic acid groups (broad SMARTS) is 1. The van der Waals surface area contributed by atoms with Crippen molar-refractivity contribution >= 4 is 5.97 Å². The van der Waals surface area contributed by atoms with Gasteiger partial charge < -0.3 is 14.9 Å². The van der Waals surface area contributed by atoms with E-state index in [9.17, 15) is 4.79 Å². The van der Waals surface area contributed by atoms with Crippen molar-refractivity contribution in [2.75, 3.05) is 19.8 Å². The molecular formula is C16H32O4. The minimum Gasteiger partial charge on any atom is -0.481 e. The Morgan fingerprint density at radius 2 is 1.40 bits per heavy atom. The monoisotopic (exact) mass is 288 g/mol. The minimum atomic E-state index is -0.673. The SMILES string of the molecule is CC(CCCCCCCCCCCOCCO)C(=O)O. The molecule has 0 bridgehead atoms. The lowest BCUT2D eigenvalue weighted by Crippen LogP contribution is -2.08.